The van der Waals surface area contributed by atoms with Crippen LogP contribution in [0.5, 0.6) is 0 Å². The number of para-hydroxylation sites is 1. The molecule has 0 radical (unpaired) electrons. The first kappa shape index (κ1) is 14.1. The summed E-state index contributed by atoms with van der Waals surface area (Å²) in [6.07, 6.45) is 5.55. The third kappa shape index (κ3) is 2.55. The van der Waals surface area contributed by atoms with E-state index in [0.717, 1.165) is 11.8 Å². The highest BCUT2D eigenvalue weighted by Gasteiger charge is 2.34. The van der Waals surface area contributed by atoms with Gasteiger partial charge in [-0.15, -0.1) is 0 Å². The number of aromatic amines is 1. The van der Waals surface area contributed by atoms with Crippen LogP contribution < -0.4 is 0 Å². The first-order chi connectivity index (χ1) is 9.87. The van der Waals surface area contributed by atoms with Crippen molar-refractivity contribution in [2.24, 2.45) is 11.3 Å². The number of hydrogen-bond acceptors (Lipinski definition) is 2. The van der Waals surface area contributed by atoms with E-state index < -0.39 is 0 Å². The molecular formula is C17H22N2O2. The number of nitrogens with one attached hydrogen (secondary N) is 1. The largest absolute Gasteiger partial charge is 0.355 e. The van der Waals surface area contributed by atoms with Crippen LogP contribution in [0.15, 0.2) is 24.4 Å². The second-order valence-corrected chi connectivity index (χ2v) is 7.31. The summed E-state index contributed by atoms with van der Waals surface area (Å²) in [6, 6.07) is 5.35. The van der Waals surface area contributed by atoms with Crippen molar-refractivity contribution in [1.82, 2.24) is 4.98 Å². The minimum Gasteiger partial charge on any atom is -0.355 e. The van der Waals surface area contributed by atoms with Crippen LogP contribution >= 0.6 is 0 Å². The number of nitrogens with zero attached hydrogens (tertiary/aromatic N) is 1. The summed E-state index contributed by atoms with van der Waals surface area (Å²) in [7, 11) is 0. The molecule has 2 aromatic rings. The third-order valence-corrected chi connectivity index (χ3v) is 4.75. The Hall–Kier alpha value is -1.84. The Labute approximate surface area is 124 Å². The molecular weight excluding hydrogens is 264 g/mol. The van der Waals surface area contributed by atoms with Crippen molar-refractivity contribution in [2.75, 3.05) is 0 Å². The average molecular weight is 286 g/mol. The van der Waals surface area contributed by atoms with Crippen molar-refractivity contribution in [3.63, 3.8) is 0 Å². The van der Waals surface area contributed by atoms with Gasteiger partial charge in [0.05, 0.1) is 4.92 Å². The van der Waals surface area contributed by atoms with Gasteiger partial charge in [-0.05, 0) is 42.1 Å². The summed E-state index contributed by atoms with van der Waals surface area (Å²) in [5, 5.41) is 12.2. The summed E-state index contributed by atoms with van der Waals surface area (Å²) >= 11 is 0. The predicted octanol–water partition coefficient (Wildman–Crippen LogP) is 5.01. The van der Waals surface area contributed by atoms with Crippen molar-refractivity contribution in [1.29, 1.82) is 0 Å². The fraction of sp³-hybridized carbons (Fsp3) is 0.529. The summed E-state index contributed by atoms with van der Waals surface area (Å²) in [5.41, 5.74) is 2.41. The van der Waals surface area contributed by atoms with E-state index in [9.17, 15) is 10.1 Å². The van der Waals surface area contributed by atoms with Crippen LogP contribution in [0.25, 0.3) is 10.9 Å². The zero-order chi connectivity index (χ0) is 15.2. The minimum absolute atomic E-state index is 0.168. The molecule has 4 heteroatoms. The number of non-ortho nitro benzene ring substituents is 1. The zero-order valence-electron chi connectivity index (χ0n) is 12.8. The molecule has 4 nitrogen and oxygen atoms in total. The molecule has 1 heterocycles. The van der Waals surface area contributed by atoms with Gasteiger partial charge in [0, 0.05) is 17.6 Å². The molecule has 2 unspecified atom stereocenters. The average Bonchev–Trinajstić information content (AvgIpc) is 2.79. The Balaban J connectivity index is 2.05. The van der Waals surface area contributed by atoms with Crippen LogP contribution in [0.4, 0.5) is 5.69 Å². The molecule has 1 fully saturated rings. The highest BCUT2D eigenvalue weighted by atomic mass is 16.6. The lowest BCUT2D eigenvalue weighted by molar-refractivity contribution is -0.383. The number of nitro benzene ring substituents is 1. The number of rotatable bonds is 2. The summed E-state index contributed by atoms with van der Waals surface area (Å²) in [6.45, 7) is 6.96. The number of benzene rings is 1. The highest BCUT2D eigenvalue weighted by Crippen LogP contribution is 2.47. The van der Waals surface area contributed by atoms with Gasteiger partial charge in [0.1, 0.15) is 5.52 Å². The molecule has 1 N–H and O–H groups in total. The van der Waals surface area contributed by atoms with Gasteiger partial charge < -0.3 is 4.98 Å². The van der Waals surface area contributed by atoms with E-state index in [1.807, 2.05) is 12.3 Å². The van der Waals surface area contributed by atoms with E-state index in [1.165, 1.54) is 18.4 Å². The van der Waals surface area contributed by atoms with Crippen molar-refractivity contribution in [2.45, 2.75) is 46.0 Å². The highest BCUT2D eigenvalue weighted by molar-refractivity contribution is 5.91. The van der Waals surface area contributed by atoms with Crippen LogP contribution in [0.2, 0.25) is 0 Å². The number of H-pyrrole nitrogens is 1. The van der Waals surface area contributed by atoms with Crippen LogP contribution in [0, 0.1) is 21.4 Å². The maximum atomic E-state index is 11.1. The van der Waals surface area contributed by atoms with Gasteiger partial charge in [-0.3, -0.25) is 10.1 Å². The smallest absolute Gasteiger partial charge is 0.293 e. The Kier molecular flexibility index (Phi) is 3.27. The van der Waals surface area contributed by atoms with E-state index in [1.54, 1.807) is 12.1 Å². The minimum atomic E-state index is -0.309. The van der Waals surface area contributed by atoms with Crippen LogP contribution in [0.3, 0.4) is 0 Å². The molecule has 1 aliphatic rings. The third-order valence-electron chi connectivity index (χ3n) is 4.75. The maximum absolute atomic E-state index is 11.1. The maximum Gasteiger partial charge on any atom is 0.293 e. The Morgan fingerprint density at radius 3 is 2.76 bits per heavy atom. The quantitative estimate of drug-likeness (QED) is 0.623. The lowest BCUT2D eigenvalue weighted by atomic mass is 9.66. The number of nitro groups is 1. The molecule has 0 saturated heterocycles. The number of aromatic nitrogens is 1. The molecule has 0 amide bonds. The Morgan fingerprint density at radius 2 is 2.10 bits per heavy atom. The van der Waals surface area contributed by atoms with E-state index in [0.29, 0.717) is 22.8 Å². The van der Waals surface area contributed by atoms with Crippen molar-refractivity contribution in [3.8, 4) is 0 Å². The molecule has 21 heavy (non-hydrogen) atoms. The molecule has 0 bridgehead atoms. The van der Waals surface area contributed by atoms with Crippen molar-refractivity contribution < 1.29 is 4.92 Å². The van der Waals surface area contributed by atoms with E-state index >= 15 is 0 Å². The molecule has 1 saturated carbocycles. The van der Waals surface area contributed by atoms with Crippen LogP contribution in [-0.4, -0.2) is 9.91 Å². The Morgan fingerprint density at radius 1 is 1.33 bits per heavy atom. The second-order valence-electron chi connectivity index (χ2n) is 7.31. The van der Waals surface area contributed by atoms with Gasteiger partial charge >= 0.3 is 0 Å². The lowest BCUT2D eigenvalue weighted by Gasteiger charge is -2.39. The monoisotopic (exact) mass is 286 g/mol. The van der Waals surface area contributed by atoms with Crippen molar-refractivity contribution in [3.05, 3.63) is 40.1 Å². The van der Waals surface area contributed by atoms with Crippen LogP contribution in [0.1, 0.15) is 51.5 Å². The number of hydrogen-bond donors (Lipinski definition) is 1. The SMILES string of the molecule is CC1CC(c2c[nH]c3c([N+](=O)[O-])cccc23)CC(C)(C)C1. The molecule has 3 rings (SSSR count). The topological polar surface area (TPSA) is 58.9 Å². The molecule has 1 aliphatic carbocycles. The van der Waals surface area contributed by atoms with E-state index in [-0.39, 0.29) is 10.6 Å². The van der Waals surface area contributed by atoms with Crippen molar-refractivity contribution >= 4 is 16.6 Å². The van der Waals surface area contributed by atoms with Gasteiger partial charge in [-0.25, -0.2) is 0 Å². The summed E-state index contributed by atoms with van der Waals surface area (Å²) < 4.78 is 0. The van der Waals surface area contributed by atoms with Gasteiger partial charge in [0.25, 0.3) is 5.69 Å². The first-order valence-electron chi connectivity index (χ1n) is 7.62. The molecule has 0 aliphatic heterocycles. The van der Waals surface area contributed by atoms with E-state index in [4.69, 9.17) is 0 Å². The predicted molar refractivity (Wildman–Crippen MR) is 84.5 cm³/mol. The standard InChI is InChI=1S/C17H22N2O2/c1-11-7-12(9-17(2,3)8-11)14-10-18-16-13(14)5-4-6-15(16)19(20)21/h4-6,10-12,18H,7-9H2,1-3H3. The fourth-order valence-corrected chi connectivity index (χ4v) is 4.23. The molecule has 2 atom stereocenters. The van der Waals surface area contributed by atoms with Gasteiger partial charge in [-0.1, -0.05) is 32.9 Å². The fourth-order valence-electron chi connectivity index (χ4n) is 4.23. The Bertz CT molecular complexity index is 687. The molecule has 1 aromatic heterocycles. The number of fused-ring (bicyclic) bond motifs is 1. The summed E-state index contributed by atoms with van der Waals surface area (Å²) in [5.74, 6) is 1.18. The first-order valence-corrected chi connectivity index (χ1v) is 7.62. The molecule has 0 spiro atoms. The van der Waals surface area contributed by atoms with E-state index in [2.05, 4.69) is 25.8 Å². The molecule has 112 valence electrons. The summed E-state index contributed by atoms with van der Waals surface area (Å²) in [4.78, 5) is 14.0. The van der Waals surface area contributed by atoms with Crippen LogP contribution in [-0.2, 0) is 0 Å². The van der Waals surface area contributed by atoms with Gasteiger partial charge in [0.15, 0.2) is 0 Å². The zero-order valence-corrected chi connectivity index (χ0v) is 12.8. The lowest BCUT2D eigenvalue weighted by Crippen LogP contribution is -2.26. The van der Waals surface area contributed by atoms with Gasteiger partial charge in [0.2, 0.25) is 0 Å². The second kappa shape index (κ2) is 4.86. The van der Waals surface area contributed by atoms with Gasteiger partial charge in [-0.2, -0.15) is 0 Å². The molecule has 1 aromatic carbocycles. The normalized spacial score (nSPS) is 25.1.